The van der Waals surface area contributed by atoms with E-state index >= 15 is 0 Å². The number of carbonyl (C=O) groups excluding carboxylic acids is 1. The molecule has 0 spiro atoms. The predicted octanol–water partition coefficient (Wildman–Crippen LogP) is 1.83. The smallest absolute Gasteiger partial charge is 0.355 e. The number of carbonyl (C=O) groups is 2. The maximum absolute atomic E-state index is 12.2. The van der Waals surface area contributed by atoms with E-state index in [9.17, 15) is 9.59 Å². The van der Waals surface area contributed by atoms with E-state index in [-0.39, 0.29) is 11.6 Å². The van der Waals surface area contributed by atoms with Crippen molar-refractivity contribution in [1.29, 1.82) is 0 Å². The molecule has 2 N–H and O–H groups in total. The molecule has 2 rings (SSSR count). The maximum Gasteiger partial charge on any atom is 0.355 e. The number of para-hydroxylation sites is 1. The standard InChI is InChI=1S/C15H16N2O5S/c1-21-11-5-3-4-9(13(11)22-2)14(18)16-7-6-12-17-10(8-23-12)15(19)20/h3-5,8H,6-7H2,1-2H3,(H,16,18)(H,19,20). The summed E-state index contributed by atoms with van der Waals surface area (Å²) in [6.07, 6.45) is 0.454. The Morgan fingerprint density at radius 1 is 1.30 bits per heavy atom. The minimum Gasteiger partial charge on any atom is -0.493 e. The van der Waals surface area contributed by atoms with Crippen molar-refractivity contribution in [2.24, 2.45) is 0 Å². The van der Waals surface area contributed by atoms with Gasteiger partial charge < -0.3 is 19.9 Å². The van der Waals surface area contributed by atoms with Crippen molar-refractivity contribution < 1.29 is 24.2 Å². The highest BCUT2D eigenvalue weighted by molar-refractivity contribution is 7.09. The fourth-order valence-electron chi connectivity index (χ4n) is 1.97. The van der Waals surface area contributed by atoms with Crippen LogP contribution >= 0.6 is 11.3 Å². The summed E-state index contributed by atoms with van der Waals surface area (Å²) in [5.74, 6) is -0.505. The number of methoxy groups -OCH3 is 2. The molecule has 0 radical (unpaired) electrons. The van der Waals surface area contributed by atoms with Crippen LogP contribution in [-0.4, -0.2) is 42.7 Å². The first-order valence-electron chi connectivity index (χ1n) is 6.73. The van der Waals surface area contributed by atoms with Gasteiger partial charge in [0.1, 0.15) is 0 Å². The lowest BCUT2D eigenvalue weighted by Crippen LogP contribution is -2.26. The molecule has 1 heterocycles. The van der Waals surface area contributed by atoms with Crippen LogP contribution in [0.25, 0.3) is 0 Å². The number of ether oxygens (including phenoxy) is 2. The molecule has 0 fully saturated rings. The van der Waals surface area contributed by atoms with Crippen LogP contribution in [0.2, 0.25) is 0 Å². The van der Waals surface area contributed by atoms with Crippen LogP contribution in [0.5, 0.6) is 11.5 Å². The van der Waals surface area contributed by atoms with Crippen molar-refractivity contribution in [1.82, 2.24) is 10.3 Å². The summed E-state index contributed by atoms with van der Waals surface area (Å²) in [5.41, 5.74) is 0.392. The van der Waals surface area contributed by atoms with Gasteiger partial charge in [-0.05, 0) is 12.1 Å². The monoisotopic (exact) mass is 336 g/mol. The number of hydrogen-bond donors (Lipinski definition) is 2. The number of hydrogen-bond acceptors (Lipinski definition) is 6. The lowest BCUT2D eigenvalue weighted by Gasteiger charge is -2.12. The predicted molar refractivity (Wildman–Crippen MR) is 84.7 cm³/mol. The summed E-state index contributed by atoms with van der Waals surface area (Å²) in [6, 6.07) is 5.05. The van der Waals surface area contributed by atoms with Crippen LogP contribution in [0.15, 0.2) is 23.6 Å². The fourth-order valence-corrected chi connectivity index (χ4v) is 2.74. The Morgan fingerprint density at radius 2 is 2.09 bits per heavy atom. The molecule has 2 aromatic rings. The highest BCUT2D eigenvalue weighted by Crippen LogP contribution is 2.30. The molecule has 0 saturated carbocycles. The zero-order valence-electron chi connectivity index (χ0n) is 12.7. The molecule has 0 aliphatic heterocycles. The number of amides is 1. The third-order valence-electron chi connectivity index (χ3n) is 3.04. The highest BCUT2D eigenvalue weighted by Gasteiger charge is 2.16. The van der Waals surface area contributed by atoms with Crippen molar-refractivity contribution in [2.75, 3.05) is 20.8 Å². The number of benzene rings is 1. The number of thiazole rings is 1. The molecule has 7 nitrogen and oxygen atoms in total. The minimum absolute atomic E-state index is 0.0193. The molecule has 0 unspecified atom stereocenters. The first kappa shape index (κ1) is 16.8. The van der Waals surface area contributed by atoms with Gasteiger partial charge in [-0.2, -0.15) is 0 Å². The maximum atomic E-state index is 12.2. The van der Waals surface area contributed by atoms with E-state index < -0.39 is 5.97 Å². The van der Waals surface area contributed by atoms with Gasteiger partial charge in [0.2, 0.25) is 0 Å². The van der Waals surface area contributed by atoms with Crippen LogP contribution in [0, 0.1) is 0 Å². The Labute approximate surface area is 136 Å². The summed E-state index contributed by atoms with van der Waals surface area (Å²) in [6.45, 7) is 0.339. The Balaban J connectivity index is 1.98. The second-order valence-electron chi connectivity index (χ2n) is 4.48. The average Bonchev–Trinajstić information content (AvgIpc) is 3.03. The van der Waals surface area contributed by atoms with E-state index in [0.717, 1.165) is 0 Å². The summed E-state index contributed by atoms with van der Waals surface area (Å²) in [5, 5.41) is 13.7. The van der Waals surface area contributed by atoms with Gasteiger partial charge >= 0.3 is 5.97 Å². The van der Waals surface area contributed by atoms with Gasteiger partial charge in [-0.3, -0.25) is 4.79 Å². The molecule has 0 bridgehead atoms. The summed E-state index contributed by atoms with van der Waals surface area (Å²) in [7, 11) is 2.97. The molecule has 0 atom stereocenters. The van der Waals surface area contributed by atoms with Crippen molar-refractivity contribution in [3.05, 3.63) is 39.8 Å². The molecule has 8 heteroatoms. The number of carboxylic acids is 1. The van der Waals surface area contributed by atoms with Crippen LogP contribution < -0.4 is 14.8 Å². The number of aromatic nitrogens is 1. The van der Waals surface area contributed by atoms with Gasteiger partial charge in [0.25, 0.3) is 5.91 Å². The molecule has 1 amide bonds. The topological polar surface area (TPSA) is 97.8 Å². The van der Waals surface area contributed by atoms with E-state index in [1.807, 2.05) is 0 Å². The van der Waals surface area contributed by atoms with Gasteiger partial charge in [-0.25, -0.2) is 9.78 Å². The number of nitrogens with one attached hydrogen (secondary N) is 1. The largest absolute Gasteiger partial charge is 0.493 e. The number of aromatic carboxylic acids is 1. The number of nitrogens with zero attached hydrogens (tertiary/aromatic N) is 1. The van der Waals surface area contributed by atoms with E-state index in [1.165, 1.54) is 30.9 Å². The first-order valence-corrected chi connectivity index (χ1v) is 7.61. The molecular formula is C15H16N2O5S. The summed E-state index contributed by atoms with van der Waals surface area (Å²) >= 11 is 1.25. The molecule has 23 heavy (non-hydrogen) atoms. The van der Waals surface area contributed by atoms with Gasteiger partial charge in [0.15, 0.2) is 17.2 Å². The highest BCUT2D eigenvalue weighted by atomic mass is 32.1. The normalized spacial score (nSPS) is 10.2. The van der Waals surface area contributed by atoms with Gasteiger partial charge in [0, 0.05) is 18.3 Å². The van der Waals surface area contributed by atoms with Crippen LogP contribution in [0.1, 0.15) is 25.9 Å². The Morgan fingerprint density at radius 3 is 2.70 bits per heavy atom. The molecule has 0 aliphatic rings. The fraction of sp³-hybridized carbons (Fsp3) is 0.267. The van der Waals surface area contributed by atoms with Crippen molar-refractivity contribution in [3.8, 4) is 11.5 Å². The number of rotatable bonds is 7. The van der Waals surface area contributed by atoms with Crippen LogP contribution in [0.3, 0.4) is 0 Å². The molecule has 1 aromatic heterocycles. The third kappa shape index (κ3) is 3.98. The van der Waals surface area contributed by atoms with Crippen molar-refractivity contribution in [3.63, 3.8) is 0 Å². The van der Waals surface area contributed by atoms with Gasteiger partial charge in [-0.15, -0.1) is 11.3 Å². The summed E-state index contributed by atoms with van der Waals surface area (Å²) in [4.78, 5) is 27.0. The second kappa shape index (κ2) is 7.59. The van der Waals surface area contributed by atoms with E-state index in [0.29, 0.717) is 35.0 Å². The second-order valence-corrected chi connectivity index (χ2v) is 5.42. The molecule has 122 valence electrons. The van der Waals surface area contributed by atoms with Crippen LogP contribution in [-0.2, 0) is 6.42 Å². The van der Waals surface area contributed by atoms with E-state index in [2.05, 4.69) is 10.3 Å². The lowest BCUT2D eigenvalue weighted by atomic mass is 10.1. The SMILES string of the molecule is COc1cccc(C(=O)NCCc2nc(C(=O)O)cs2)c1OC. The zero-order chi connectivity index (χ0) is 16.8. The Hall–Kier alpha value is -2.61. The molecular weight excluding hydrogens is 320 g/mol. The van der Waals surface area contributed by atoms with Crippen LogP contribution in [0.4, 0.5) is 0 Å². The molecule has 0 aliphatic carbocycles. The summed E-state index contributed by atoms with van der Waals surface area (Å²) < 4.78 is 10.4. The minimum atomic E-state index is -1.06. The van der Waals surface area contributed by atoms with Gasteiger partial charge in [-0.1, -0.05) is 6.07 Å². The van der Waals surface area contributed by atoms with E-state index in [4.69, 9.17) is 14.6 Å². The van der Waals surface area contributed by atoms with E-state index in [1.54, 1.807) is 18.2 Å². The quantitative estimate of drug-likeness (QED) is 0.800. The molecule has 0 saturated heterocycles. The number of carboxylic acid groups (broad SMARTS) is 1. The Bertz CT molecular complexity index is 714. The average molecular weight is 336 g/mol. The Kier molecular flexibility index (Phi) is 5.53. The molecule has 1 aromatic carbocycles. The van der Waals surface area contributed by atoms with Crippen molar-refractivity contribution >= 4 is 23.2 Å². The zero-order valence-corrected chi connectivity index (χ0v) is 13.5. The van der Waals surface area contributed by atoms with Crippen molar-refractivity contribution in [2.45, 2.75) is 6.42 Å². The van der Waals surface area contributed by atoms with Gasteiger partial charge in [0.05, 0.1) is 24.8 Å². The lowest BCUT2D eigenvalue weighted by molar-refractivity contribution is 0.0690. The first-order chi connectivity index (χ1) is 11.1. The third-order valence-corrected chi connectivity index (χ3v) is 3.95.